The summed E-state index contributed by atoms with van der Waals surface area (Å²) in [6.45, 7) is 2.52. The van der Waals surface area contributed by atoms with Crippen molar-refractivity contribution in [3.05, 3.63) is 89.6 Å². The summed E-state index contributed by atoms with van der Waals surface area (Å²) in [4.78, 5) is 46.7. The molecule has 2 fully saturated rings. The van der Waals surface area contributed by atoms with Gasteiger partial charge in [-0.15, -0.1) is 0 Å². The highest BCUT2D eigenvalue weighted by molar-refractivity contribution is 6.07. The quantitative estimate of drug-likeness (QED) is 0.327. The number of carbonyl (C=O) groups is 3. The van der Waals surface area contributed by atoms with Crippen molar-refractivity contribution in [1.82, 2.24) is 20.5 Å². The molecule has 0 radical (unpaired) electrons. The van der Waals surface area contributed by atoms with Crippen molar-refractivity contribution in [3.63, 3.8) is 0 Å². The predicted molar refractivity (Wildman–Crippen MR) is 157 cm³/mol. The molecule has 1 aromatic heterocycles. The molecule has 1 saturated heterocycles. The maximum atomic E-state index is 14.4. The minimum atomic E-state index is -0.663. The van der Waals surface area contributed by atoms with Crippen LogP contribution in [0.15, 0.2) is 71.3 Å². The highest BCUT2D eigenvalue weighted by Crippen LogP contribution is 2.36. The summed E-state index contributed by atoms with van der Waals surface area (Å²) in [6.07, 6.45) is 6.52. The lowest BCUT2D eigenvalue weighted by molar-refractivity contribution is -0.140. The number of likely N-dealkylation sites (tertiary alicyclic amines) is 1. The molecule has 3 aromatic rings. The van der Waals surface area contributed by atoms with E-state index >= 15 is 0 Å². The molecule has 0 spiro atoms. The Balaban J connectivity index is 1.41. The van der Waals surface area contributed by atoms with Gasteiger partial charge in [0.05, 0.1) is 18.8 Å². The third kappa shape index (κ3) is 6.97. The van der Waals surface area contributed by atoms with Gasteiger partial charge in [0.15, 0.2) is 0 Å². The second-order valence-electron chi connectivity index (χ2n) is 11.3. The number of ketones is 1. The van der Waals surface area contributed by atoms with Gasteiger partial charge in [-0.05, 0) is 38.3 Å². The molecule has 5 rings (SSSR count). The molecule has 9 heteroatoms. The topological polar surface area (TPSA) is 114 Å². The van der Waals surface area contributed by atoms with E-state index in [-0.39, 0.29) is 35.3 Å². The molecule has 2 amide bonds. The molecular formula is C33H40N4O5. The predicted octanol–water partition coefficient (Wildman–Crippen LogP) is 4.44. The largest absolute Gasteiger partial charge is 0.446 e. The van der Waals surface area contributed by atoms with E-state index in [2.05, 4.69) is 15.6 Å². The molecule has 2 N–H and O–H groups in total. The number of hydrogen-bond donors (Lipinski definition) is 2. The molecule has 222 valence electrons. The molecule has 1 aliphatic carbocycles. The Bertz CT molecular complexity index is 1340. The zero-order chi connectivity index (χ0) is 29.5. The van der Waals surface area contributed by atoms with E-state index in [1.807, 2.05) is 36.4 Å². The Labute approximate surface area is 247 Å². The summed E-state index contributed by atoms with van der Waals surface area (Å²) in [7, 11) is 1.73. The fraction of sp³-hybridized carbons (Fsp3) is 0.455. The molecule has 2 aromatic carbocycles. The van der Waals surface area contributed by atoms with Gasteiger partial charge in [-0.3, -0.25) is 14.4 Å². The van der Waals surface area contributed by atoms with Crippen molar-refractivity contribution < 1.29 is 23.5 Å². The number of ether oxygens (including phenoxy) is 1. The van der Waals surface area contributed by atoms with Crippen LogP contribution in [0.2, 0.25) is 0 Å². The standard InChI is InChI=1S/C33H40N4O5/c1-22(34-2)31(39)36-29(24-14-8-4-9-15-24)33(40)37-19-26(41-20-23-12-6-3-7-13-23)18-28(37)32-35-27(21-42-32)30(38)25-16-10-5-11-17-25/h3,5-7,10-13,16-17,21-22,24,26,28-29,34H,4,8-9,14-15,18-20H2,1-2H3,(H,36,39)/t22-,26+,28-,29-/m0/s1. The SMILES string of the molecule is CN[C@@H](C)C(=O)N[C@H](C(=O)N1C[C@H](OCc2ccccc2)C[C@H]1c1nc(C(=O)c2ccccc2)co1)C1CCCCC1. The van der Waals surface area contributed by atoms with Crippen LogP contribution in [0, 0.1) is 5.92 Å². The number of likely N-dealkylation sites (N-methyl/N-ethyl adjacent to an activating group) is 1. The number of amides is 2. The molecule has 4 atom stereocenters. The van der Waals surface area contributed by atoms with Gasteiger partial charge in [0.1, 0.15) is 24.0 Å². The van der Waals surface area contributed by atoms with E-state index in [9.17, 15) is 14.4 Å². The monoisotopic (exact) mass is 572 g/mol. The Morgan fingerprint density at radius 1 is 1.02 bits per heavy atom. The molecule has 2 heterocycles. The fourth-order valence-electron chi connectivity index (χ4n) is 5.90. The van der Waals surface area contributed by atoms with Gasteiger partial charge in [0.2, 0.25) is 23.5 Å². The second kappa shape index (κ2) is 13.9. The van der Waals surface area contributed by atoms with Gasteiger partial charge in [0.25, 0.3) is 0 Å². The summed E-state index contributed by atoms with van der Waals surface area (Å²) < 4.78 is 12.1. The first-order valence-electron chi connectivity index (χ1n) is 14.9. The minimum Gasteiger partial charge on any atom is -0.446 e. The van der Waals surface area contributed by atoms with Crippen LogP contribution in [0.5, 0.6) is 0 Å². The Hall–Kier alpha value is -3.82. The molecule has 0 bridgehead atoms. The second-order valence-corrected chi connectivity index (χ2v) is 11.3. The summed E-state index contributed by atoms with van der Waals surface area (Å²) in [5, 5.41) is 6.03. The van der Waals surface area contributed by atoms with Gasteiger partial charge >= 0.3 is 0 Å². The summed E-state index contributed by atoms with van der Waals surface area (Å²) >= 11 is 0. The number of oxazole rings is 1. The maximum Gasteiger partial charge on any atom is 0.246 e. The molecule has 1 aliphatic heterocycles. The van der Waals surface area contributed by atoms with Gasteiger partial charge in [0, 0.05) is 18.5 Å². The number of nitrogens with zero attached hydrogens (tertiary/aromatic N) is 2. The molecule has 42 heavy (non-hydrogen) atoms. The van der Waals surface area contributed by atoms with Crippen LogP contribution in [-0.4, -0.2) is 59.3 Å². The zero-order valence-electron chi connectivity index (χ0n) is 24.3. The van der Waals surface area contributed by atoms with Crippen molar-refractivity contribution in [2.75, 3.05) is 13.6 Å². The van der Waals surface area contributed by atoms with Crippen molar-refractivity contribution in [3.8, 4) is 0 Å². The number of carbonyl (C=O) groups excluding carboxylic acids is 3. The third-order valence-electron chi connectivity index (χ3n) is 8.46. The van der Waals surface area contributed by atoms with Crippen molar-refractivity contribution in [1.29, 1.82) is 0 Å². The number of hydrogen-bond acceptors (Lipinski definition) is 7. The van der Waals surface area contributed by atoms with E-state index < -0.39 is 18.1 Å². The smallest absolute Gasteiger partial charge is 0.246 e. The number of nitrogens with one attached hydrogen (secondary N) is 2. The molecule has 1 saturated carbocycles. The number of benzene rings is 2. The van der Waals surface area contributed by atoms with Gasteiger partial charge in [-0.25, -0.2) is 4.98 Å². The van der Waals surface area contributed by atoms with Crippen molar-refractivity contribution >= 4 is 17.6 Å². The van der Waals surface area contributed by atoms with Crippen LogP contribution in [0.1, 0.15) is 79.0 Å². The van der Waals surface area contributed by atoms with E-state index in [0.717, 1.165) is 37.7 Å². The fourth-order valence-corrected chi connectivity index (χ4v) is 5.90. The van der Waals surface area contributed by atoms with Crippen LogP contribution in [-0.2, 0) is 20.9 Å². The first kappa shape index (κ1) is 29.7. The van der Waals surface area contributed by atoms with Crippen LogP contribution < -0.4 is 10.6 Å². The normalized spacial score (nSPS) is 20.7. The lowest BCUT2D eigenvalue weighted by Gasteiger charge is -2.34. The summed E-state index contributed by atoms with van der Waals surface area (Å²) in [5.41, 5.74) is 1.75. The Kier molecular flexibility index (Phi) is 9.81. The average Bonchev–Trinajstić information content (AvgIpc) is 3.71. The van der Waals surface area contributed by atoms with Crippen LogP contribution in [0.25, 0.3) is 0 Å². The van der Waals surface area contributed by atoms with Crippen LogP contribution in [0.3, 0.4) is 0 Å². The van der Waals surface area contributed by atoms with Crippen LogP contribution in [0.4, 0.5) is 0 Å². The lowest BCUT2D eigenvalue weighted by atomic mass is 9.83. The summed E-state index contributed by atoms with van der Waals surface area (Å²) in [6, 6.07) is 17.2. The number of aromatic nitrogens is 1. The Morgan fingerprint density at radius 2 is 1.71 bits per heavy atom. The van der Waals surface area contributed by atoms with E-state index in [1.165, 1.54) is 6.26 Å². The maximum absolute atomic E-state index is 14.4. The zero-order valence-corrected chi connectivity index (χ0v) is 24.3. The molecule has 9 nitrogen and oxygen atoms in total. The third-order valence-corrected chi connectivity index (χ3v) is 8.46. The average molecular weight is 573 g/mol. The highest BCUT2D eigenvalue weighted by atomic mass is 16.5. The summed E-state index contributed by atoms with van der Waals surface area (Å²) in [5.74, 6) is -0.272. The van der Waals surface area contributed by atoms with Gasteiger partial charge < -0.3 is 24.7 Å². The Morgan fingerprint density at radius 3 is 2.40 bits per heavy atom. The molecule has 2 aliphatic rings. The van der Waals surface area contributed by atoms with E-state index in [1.54, 1.807) is 43.1 Å². The highest BCUT2D eigenvalue weighted by Gasteiger charge is 2.44. The van der Waals surface area contributed by atoms with Crippen molar-refractivity contribution in [2.45, 2.75) is 76.3 Å². The van der Waals surface area contributed by atoms with E-state index in [4.69, 9.17) is 9.15 Å². The van der Waals surface area contributed by atoms with Crippen molar-refractivity contribution in [2.24, 2.45) is 5.92 Å². The van der Waals surface area contributed by atoms with Gasteiger partial charge in [-0.1, -0.05) is 79.9 Å². The first-order valence-corrected chi connectivity index (χ1v) is 14.9. The first-order chi connectivity index (χ1) is 20.4. The van der Waals surface area contributed by atoms with Crippen LogP contribution >= 0.6 is 0 Å². The lowest BCUT2D eigenvalue weighted by Crippen LogP contribution is -2.55. The molecular weight excluding hydrogens is 532 g/mol. The van der Waals surface area contributed by atoms with Gasteiger partial charge in [-0.2, -0.15) is 0 Å². The molecule has 0 unspecified atom stereocenters. The van der Waals surface area contributed by atoms with E-state index in [0.29, 0.717) is 31.0 Å². The number of rotatable bonds is 11. The minimum absolute atomic E-state index is 0.0453.